The molecule has 2 atom stereocenters. The molecule has 10 heteroatoms. The van der Waals surface area contributed by atoms with Gasteiger partial charge in [-0.3, -0.25) is 14.1 Å². The fourth-order valence-electron chi connectivity index (χ4n) is 6.50. The average Bonchev–Trinajstić information content (AvgIpc) is 3.17. The predicted octanol–water partition coefficient (Wildman–Crippen LogP) is 13.3. The number of carbonyl (C=O) groups is 2. The molecule has 0 radical (unpaired) electrons. The smallest absolute Gasteiger partial charge is 0.462 e. The van der Waals surface area contributed by atoms with Gasteiger partial charge in [0, 0.05) is 12.8 Å². The third kappa shape index (κ3) is 44.9. The Labute approximate surface area is 348 Å². The molecule has 332 valence electrons. The summed E-state index contributed by atoms with van der Waals surface area (Å²) >= 11 is 0. The monoisotopic (exact) mass is 825 g/mol. The summed E-state index contributed by atoms with van der Waals surface area (Å²) in [4.78, 5) is 42.9. The van der Waals surface area contributed by atoms with Gasteiger partial charge < -0.3 is 24.4 Å². The van der Waals surface area contributed by atoms with E-state index >= 15 is 0 Å². The van der Waals surface area contributed by atoms with Gasteiger partial charge in [0.1, 0.15) is 6.61 Å². The molecule has 0 aromatic rings. The van der Waals surface area contributed by atoms with Crippen LogP contribution in [0.4, 0.5) is 0 Å². The van der Waals surface area contributed by atoms with Gasteiger partial charge in [0.25, 0.3) is 0 Å². The Morgan fingerprint density at radius 2 is 0.947 bits per heavy atom. The van der Waals surface area contributed by atoms with Crippen LogP contribution in [0.5, 0.6) is 0 Å². The van der Waals surface area contributed by atoms with Crippen molar-refractivity contribution in [2.24, 2.45) is 0 Å². The number of phosphoric acid groups is 1. The first-order valence-corrected chi connectivity index (χ1v) is 24.5. The summed E-state index contributed by atoms with van der Waals surface area (Å²) < 4.78 is 26.4. The summed E-state index contributed by atoms with van der Waals surface area (Å²) in [7, 11) is -4.78. The highest BCUT2D eigenvalue weighted by molar-refractivity contribution is 7.46. The van der Waals surface area contributed by atoms with Crippen molar-refractivity contribution in [1.29, 1.82) is 0 Å². The van der Waals surface area contributed by atoms with Gasteiger partial charge >= 0.3 is 19.8 Å². The largest absolute Gasteiger partial charge is 0.469 e. The number of ether oxygens (including phenoxy) is 2. The lowest BCUT2D eigenvalue weighted by atomic mass is 10.0. The Bertz CT molecular complexity index is 1080. The van der Waals surface area contributed by atoms with E-state index in [0.717, 1.165) is 44.9 Å². The Kier molecular flexibility index (Phi) is 40.6. The topological polar surface area (TPSA) is 140 Å². The lowest BCUT2D eigenvalue weighted by Crippen LogP contribution is -2.29. The summed E-state index contributed by atoms with van der Waals surface area (Å²) in [5, 5.41) is 9.71. The van der Waals surface area contributed by atoms with E-state index in [4.69, 9.17) is 19.3 Å². The summed E-state index contributed by atoms with van der Waals surface area (Å²) in [6.45, 7) is 3.46. The SMILES string of the molecule is CCCCCCCCCCCCCCCCCCCCCCCC(=O)OC[C@H](COP(=O)(O)O)OC(=O)CCC/C=C\C/C=C\C/C=C\C/C=C\CC(O)CCC. The summed E-state index contributed by atoms with van der Waals surface area (Å²) in [6.07, 6.45) is 49.1. The van der Waals surface area contributed by atoms with Gasteiger partial charge in [0.05, 0.1) is 12.7 Å². The number of allylic oxidation sites excluding steroid dienone is 7. The molecular formula is C47H85O9P. The number of unbranched alkanes of at least 4 members (excludes halogenated alkanes) is 21. The molecule has 3 N–H and O–H groups in total. The lowest BCUT2D eigenvalue weighted by molar-refractivity contribution is -0.161. The maximum Gasteiger partial charge on any atom is 0.469 e. The number of hydrogen-bond donors (Lipinski definition) is 3. The molecule has 0 spiro atoms. The van der Waals surface area contributed by atoms with E-state index in [9.17, 15) is 19.3 Å². The van der Waals surface area contributed by atoms with E-state index in [1.165, 1.54) is 116 Å². The lowest BCUT2D eigenvalue weighted by Gasteiger charge is -2.18. The van der Waals surface area contributed by atoms with Gasteiger partial charge in [-0.1, -0.05) is 197 Å². The Hall–Kier alpha value is -2.03. The molecule has 0 aliphatic carbocycles. The standard InChI is InChI=1S/C47H85O9P/c1-3-5-6-7-8-9-10-11-12-13-14-15-16-17-18-21-24-27-30-33-36-40-46(49)54-42-45(43-55-57(51,52)53)56-47(50)41-37-34-31-28-25-22-19-20-23-26-29-32-35-39-44(48)38-4-2/h19,22-23,26,28,31-32,35,44-45,48H,3-18,20-21,24-25,27,29-30,33-34,36-43H2,1-2H3,(H2,51,52,53)/b22-19-,26-23-,31-28-,35-32-/t44?,45-/m1/s1. The van der Waals surface area contributed by atoms with Crippen LogP contribution >= 0.6 is 7.82 Å². The van der Waals surface area contributed by atoms with E-state index in [0.29, 0.717) is 25.7 Å². The highest BCUT2D eigenvalue weighted by atomic mass is 31.2. The van der Waals surface area contributed by atoms with Gasteiger partial charge in [-0.15, -0.1) is 0 Å². The molecule has 0 rings (SSSR count). The van der Waals surface area contributed by atoms with Crippen LogP contribution < -0.4 is 0 Å². The minimum Gasteiger partial charge on any atom is -0.462 e. The second kappa shape index (κ2) is 42.1. The molecule has 9 nitrogen and oxygen atoms in total. The molecule has 0 heterocycles. The van der Waals surface area contributed by atoms with Crippen LogP contribution in [0.1, 0.15) is 213 Å². The molecule has 0 saturated carbocycles. The normalized spacial score (nSPS) is 13.4. The first kappa shape index (κ1) is 55.0. The molecule has 0 aliphatic rings. The van der Waals surface area contributed by atoms with E-state index in [-0.39, 0.29) is 25.6 Å². The molecule has 0 aliphatic heterocycles. The van der Waals surface area contributed by atoms with Crippen LogP contribution in [0.25, 0.3) is 0 Å². The first-order chi connectivity index (χ1) is 27.7. The van der Waals surface area contributed by atoms with Crippen molar-refractivity contribution < 1.29 is 43.0 Å². The Balaban J connectivity index is 3.94. The maximum absolute atomic E-state index is 12.4. The zero-order valence-electron chi connectivity index (χ0n) is 36.3. The highest BCUT2D eigenvalue weighted by Gasteiger charge is 2.22. The van der Waals surface area contributed by atoms with Crippen LogP contribution in [-0.4, -0.2) is 52.3 Å². The van der Waals surface area contributed by atoms with Crippen LogP contribution in [0, 0.1) is 0 Å². The number of phosphoric ester groups is 1. The zero-order chi connectivity index (χ0) is 41.9. The fourth-order valence-corrected chi connectivity index (χ4v) is 6.86. The average molecular weight is 825 g/mol. The molecule has 0 aromatic heterocycles. The number of aliphatic hydroxyl groups is 1. The van der Waals surface area contributed by atoms with Crippen LogP contribution in [0.3, 0.4) is 0 Å². The summed E-state index contributed by atoms with van der Waals surface area (Å²) in [5.41, 5.74) is 0. The van der Waals surface area contributed by atoms with Crippen molar-refractivity contribution in [2.45, 2.75) is 225 Å². The number of esters is 2. The Morgan fingerprint density at radius 3 is 1.40 bits per heavy atom. The summed E-state index contributed by atoms with van der Waals surface area (Å²) in [5.74, 6) is -0.964. The molecule has 0 aromatic carbocycles. The highest BCUT2D eigenvalue weighted by Crippen LogP contribution is 2.36. The van der Waals surface area contributed by atoms with E-state index in [1.807, 2.05) is 18.2 Å². The minimum absolute atomic E-state index is 0.122. The molecule has 0 fully saturated rings. The van der Waals surface area contributed by atoms with Gasteiger partial charge in [-0.2, -0.15) is 0 Å². The summed E-state index contributed by atoms with van der Waals surface area (Å²) in [6, 6.07) is 0. The van der Waals surface area contributed by atoms with E-state index in [1.54, 1.807) is 0 Å². The second-order valence-corrected chi connectivity index (χ2v) is 16.8. The third-order valence-electron chi connectivity index (χ3n) is 9.91. The van der Waals surface area contributed by atoms with Crippen LogP contribution in [-0.2, 0) is 28.2 Å². The quantitative estimate of drug-likeness (QED) is 0.0237. The van der Waals surface area contributed by atoms with Crippen molar-refractivity contribution in [3.63, 3.8) is 0 Å². The molecule has 57 heavy (non-hydrogen) atoms. The van der Waals surface area contributed by atoms with Crippen molar-refractivity contribution >= 4 is 19.8 Å². The predicted molar refractivity (Wildman–Crippen MR) is 236 cm³/mol. The molecule has 1 unspecified atom stereocenters. The van der Waals surface area contributed by atoms with Gasteiger partial charge in [-0.25, -0.2) is 4.57 Å². The van der Waals surface area contributed by atoms with Crippen molar-refractivity contribution in [2.75, 3.05) is 13.2 Å². The minimum atomic E-state index is -4.78. The molecule has 0 bridgehead atoms. The number of hydrogen-bond acceptors (Lipinski definition) is 7. The maximum atomic E-state index is 12.4. The van der Waals surface area contributed by atoms with Crippen molar-refractivity contribution in [3.8, 4) is 0 Å². The fraction of sp³-hybridized carbons (Fsp3) is 0.787. The van der Waals surface area contributed by atoms with Crippen molar-refractivity contribution in [1.82, 2.24) is 0 Å². The number of rotatable bonds is 42. The molecule has 0 saturated heterocycles. The molecule has 0 amide bonds. The number of aliphatic hydroxyl groups excluding tert-OH is 1. The van der Waals surface area contributed by atoms with Gasteiger partial charge in [-0.05, 0) is 51.4 Å². The number of carbonyl (C=O) groups excluding carboxylic acids is 2. The van der Waals surface area contributed by atoms with Gasteiger partial charge in [0.15, 0.2) is 6.10 Å². The van der Waals surface area contributed by atoms with Crippen LogP contribution in [0.2, 0.25) is 0 Å². The second-order valence-electron chi connectivity index (χ2n) is 15.6. The van der Waals surface area contributed by atoms with Gasteiger partial charge in [0.2, 0.25) is 0 Å². The molecular weight excluding hydrogens is 739 g/mol. The van der Waals surface area contributed by atoms with Crippen LogP contribution in [0.15, 0.2) is 48.6 Å². The zero-order valence-corrected chi connectivity index (χ0v) is 37.2. The van der Waals surface area contributed by atoms with E-state index < -0.39 is 32.5 Å². The van der Waals surface area contributed by atoms with E-state index in [2.05, 4.69) is 48.8 Å². The first-order valence-electron chi connectivity index (χ1n) is 23.0. The Morgan fingerprint density at radius 1 is 0.526 bits per heavy atom. The van der Waals surface area contributed by atoms with Crippen molar-refractivity contribution in [3.05, 3.63) is 48.6 Å². The third-order valence-corrected chi connectivity index (χ3v) is 10.4.